The Balaban J connectivity index is 3.17. The van der Waals surface area contributed by atoms with Gasteiger partial charge in [-0.2, -0.15) is 10.2 Å². The van der Waals surface area contributed by atoms with Gasteiger partial charge in [0.25, 0.3) is 0 Å². The lowest BCUT2D eigenvalue weighted by Gasteiger charge is -2.08. The molecule has 0 N–H and O–H groups in total. The van der Waals surface area contributed by atoms with E-state index in [-0.39, 0.29) is 5.82 Å². The number of ether oxygens (including phenoxy) is 1. The van der Waals surface area contributed by atoms with Gasteiger partial charge in [-0.05, 0) is 5.92 Å². The van der Waals surface area contributed by atoms with Crippen molar-refractivity contribution >= 4 is 0 Å². The number of nitriles is 1. The molecular weight excluding hydrogens is 166 g/mol. The van der Waals surface area contributed by atoms with Crippen molar-refractivity contribution in [3.63, 3.8) is 0 Å². The highest BCUT2D eigenvalue weighted by Gasteiger charge is 2.10. The number of methoxy groups -OCH3 is 1. The fourth-order valence-electron chi connectivity index (χ4n) is 0.989. The summed E-state index contributed by atoms with van der Waals surface area (Å²) >= 11 is 0. The average molecular weight is 177 g/mol. The Morgan fingerprint density at radius 1 is 1.54 bits per heavy atom. The van der Waals surface area contributed by atoms with Gasteiger partial charge in [0.05, 0.1) is 7.11 Å². The van der Waals surface area contributed by atoms with Gasteiger partial charge < -0.3 is 4.74 Å². The van der Waals surface area contributed by atoms with Crippen LogP contribution >= 0.6 is 0 Å². The van der Waals surface area contributed by atoms with Crippen molar-refractivity contribution in [1.82, 2.24) is 9.97 Å². The fourth-order valence-corrected chi connectivity index (χ4v) is 0.989. The quantitative estimate of drug-likeness (QED) is 0.686. The molecule has 0 unspecified atom stereocenters. The Kier molecular flexibility index (Phi) is 2.80. The van der Waals surface area contributed by atoms with Crippen LogP contribution in [0.1, 0.15) is 31.2 Å². The molecule has 0 aliphatic carbocycles. The second-order valence-corrected chi connectivity index (χ2v) is 2.92. The van der Waals surface area contributed by atoms with E-state index in [4.69, 9.17) is 10.00 Å². The number of hydrogen-bond acceptors (Lipinski definition) is 4. The van der Waals surface area contributed by atoms with Crippen molar-refractivity contribution in [2.75, 3.05) is 7.11 Å². The van der Waals surface area contributed by atoms with Gasteiger partial charge in [0.2, 0.25) is 11.7 Å². The molecule has 0 aliphatic rings. The molecule has 0 saturated carbocycles. The van der Waals surface area contributed by atoms with Gasteiger partial charge in [-0.15, -0.1) is 0 Å². The van der Waals surface area contributed by atoms with Crippen molar-refractivity contribution in [1.29, 1.82) is 5.26 Å². The van der Waals surface area contributed by atoms with E-state index in [1.54, 1.807) is 6.20 Å². The van der Waals surface area contributed by atoms with E-state index in [0.29, 0.717) is 11.8 Å². The Morgan fingerprint density at radius 2 is 2.23 bits per heavy atom. The predicted octanol–water partition coefficient (Wildman–Crippen LogP) is 1.48. The van der Waals surface area contributed by atoms with Gasteiger partial charge in [-0.3, -0.25) is 0 Å². The second-order valence-electron chi connectivity index (χ2n) is 2.92. The molecule has 68 valence electrons. The van der Waals surface area contributed by atoms with E-state index in [9.17, 15) is 0 Å². The molecule has 0 spiro atoms. The summed E-state index contributed by atoms with van der Waals surface area (Å²) in [5.74, 6) is 0.922. The van der Waals surface area contributed by atoms with Crippen LogP contribution in [0.4, 0.5) is 0 Å². The molecule has 1 aromatic rings. The number of nitrogens with zero attached hydrogens (tertiary/aromatic N) is 3. The number of rotatable bonds is 2. The second kappa shape index (κ2) is 3.85. The smallest absolute Gasteiger partial charge is 0.235 e. The van der Waals surface area contributed by atoms with Gasteiger partial charge in [0.15, 0.2) is 0 Å². The van der Waals surface area contributed by atoms with E-state index in [1.165, 1.54) is 7.11 Å². The van der Waals surface area contributed by atoms with Crippen LogP contribution in [0.15, 0.2) is 6.20 Å². The molecule has 13 heavy (non-hydrogen) atoms. The Morgan fingerprint density at radius 3 is 2.69 bits per heavy atom. The van der Waals surface area contributed by atoms with E-state index >= 15 is 0 Å². The van der Waals surface area contributed by atoms with E-state index in [2.05, 4.69) is 9.97 Å². The monoisotopic (exact) mass is 177 g/mol. The molecule has 0 atom stereocenters. The minimum absolute atomic E-state index is 0.140. The first-order valence-corrected chi connectivity index (χ1v) is 4.00. The summed E-state index contributed by atoms with van der Waals surface area (Å²) in [5.41, 5.74) is 0.918. The predicted molar refractivity (Wildman–Crippen MR) is 47.4 cm³/mol. The van der Waals surface area contributed by atoms with Crippen molar-refractivity contribution < 1.29 is 4.74 Å². The molecular formula is C9H11N3O. The highest BCUT2D eigenvalue weighted by atomic mass is 16.5. The maximum absolute atomic E-state index is 8.56. The summed E-state index contributed by atoms with van der Waals surface area (Å²) in [5, 5.41) is 8.56. The summed E-state index contributed by atoms with van der Waals surface area (Å²) in [7, 11) is 1.54. The highest BCUT2D eigenvalue weighted by Crippen LogP contribution is 2.22. The van der Waals surface area contributed by atoms with Gasteiger partial charge in [-0.25, -0.2) is 4.98 Å². The van der Waals surface area contributed by atoms with E-state index in [0.717, 1.165) is 5.56 Å². The molecule has 0 bridgehead atoms. The van der Waals surface area contributed by atoms with Crippen LogP contribution in [-0.2, 0) is 0 Å². The van der Waals surface area contributed by atoms with Crippen molar-refractivity contribution in [2.24, 2.45) is 0 Å². The molecule has 4 heteroatoms. The van der Waals surface area contributed by atoms with Crippen LogP contribution in [0.25, 0.3) is 0 Å². The zero-order valence-electron chi connectivity index (χ0n) is 7.90. The summed E-state index contributed by atoms with van der Waals surface area (Å²) in [6.45, 7) is 4.04. The molecule has 1 rings (SSSR count). The summed E-state index contributed by atoms with van der Waals surface area (Å²) < 4.78 is 5.05. The minimum Gasteiger partial charge on any atom is -0.481 e. The van der Waals surface area contributed by atoms with Gasteiger partial charge in [0, 0.05) is 11.8 Å². The standard InChI is InChI=1S/C9H11N3O/c1-6(2)7-5-11-8(4-10)12-9(7)13-3/h5-6H,1-3H3. The molecule has 0 saturated heterocycles. The van der Waals surface area contributed by atoms with Gasteiger partial charge in [-0.1, -0.05) is 13.8 Å². The summed E-state index contributed by atoms with van der Waals surface area (Å²) in [6.07, 6.45) is 1.63. The molecule has 0 aromatic carbocycles. The Hall–Kier alpha value is -1.63. The molecule has 0 radical (unpaired) electrons. The zero-order valence-corrected chi connectivity index (χ0v) is 7.90. The molecule has 0 amide bonds. The SMILES string of the molecule is COc1nc(C#N)ncc1C(C)C. The minimum atomic E-state index is 0.140. The van der Waals surface area contributed by atoms with Gasteiger partial charge in [0.1, 0.15) is 6.07 Å². The number of aromatic nitrogens is 2. The molecule has 0 fully saturated rings. The fraction of sp³-hybridized carbons (Fsp3) is 0.444. The largest absolute Gasteiger partial charge is 0.481 e. The van der Waals surface area contributed by atoms with Crippen LogP contribution in [-0.4, -0.2) is 17.1 Å². The lowest BCUT2D eigenvalue weighted by atomic mass is 10.1. The van der Waals surface area contributed by atoms with Crippen LogP contribution in [0.3, 0.4) is 0 Å². The topological polar surface area (TPSA) is 58.8 Å². The van der Waals surface area contributed by atoms with E-state index < -0.39 is 0 Å². The van der Waals surface area contributed by atoms with Crippen molar-refractivity contribution in [2.45, 2.75) is 19.8 Å². The third kappa shape index (κ3) is 1.94. The van der Waals surface area contributed by atoms with Crippen LogP contribution < -0.4 is 4.74 Å². The molecule has 1 heterocycles. The Labute approximate surface area is 77.2 Å². The maximum Gasteiger partial charge on any atom is 0.235 e. The molecule has 1 aromatic heterocycles. The average Bonchev–Trinajstić information content (AvgIpc) is 2.16. The lowest BCUT2D eigenvalue weighted by molar-refractivity contribution is 0.388. The lowest BCUT2D eigenvalue weighted by Crippen LogP contribution is -2.00. The number of hydrogen-bond donors (Lipinski definition) is 0. The molecule has 4 nitrogen and oxygen atoms in total. The maximum atomic E-state index is 8.56. The van der Waals surface area contributed by atoms with Crippen LogP contribution in [0.2, 0.25) is 0 Å². The van der Waals surface area contributed by atoms with Crippen molar-refractivity contribution in [3.05, 3.63) is 17.6 Å². The van der Waals surface area contributed by atoms with Gasteiger partial charge >= 0.3 is 0 Å². The van der Waals surface area contributed by atoms with Crippen LogP contribution in [0, 0.1) is 11.3 Å². The Bertz CT molecular complexity index is 341. The third-order valence-corrected chi connectivity index (χ3v) is 1.70. The van der Waals surface area contributed by atoms with E-state index in [1.807, 2.05) is 19.9 Å². The first-order chi connectivity index (χ1) is 6.19. The van der Waals surface area contributed by atoms with Crippen molar-refractivity contribution in [3.8, 4) is 11.9 Å². The first-order valence-electron chi connectivity index (χ1n) is 4.00. The summed E-state index contributed by atoms with van der Waals surface area (Å²) in [6, 6.07) is 1.87. The molecule has 0 aliphatic heterocycles. The summed E-state index contributed by atoms with van der Waals surface area (Å²) in [4.78, 5) is 7.81. The third-order valence-electron chi connectivity index (χ3n) is 1.70. The normalized spacial score (nSPS) is 9.77. The first kappa shape index (κ1) is 9.46. The highest BCUT2D eigenvalue weighted by molar-refractivity contribution is 5.29. The van der Waals surface area contributed by atoms with Crippen LogP contribution in [0.5, 0.6) is 5.88 Å². The zero-order chi connectivity index (χ0) is 9.84.